The molecule has 0 saturated heterocycles. The number of para-hydroxylation sites is 1. The topological polar surface area (TPSA) is 51.9 Å². The van der Waals surface area contributed by atoms with Gasteiger partial charge in [0.25, 0.3) is 0 Å². The van der Waals surface area contributed by atoms with Gasteiger partial charge in [-0.05, 0) is 35.7 Å². The number of aromatic nitrogens is 3. The maximum atomic E-state index is 12.1. The lowest BCUT2D eigenvalue weighted by Gasteiger charge is -2.11. The fraction of sp³-hybridized carbons (Fsp3) is 0.182. The number of thioether (sulfide) groups is 1. The summed E-state index contributed by atoms with van der Waals surface area (Å²) in [5, 5.41) is 9.62. The number of amides is 1. The molecule has 1 aromatic carbocycles. The zero-order chi connectivity index (χ0) is 19.9. The third-order valence-electron chi connectivity index (χ3n) is 4.44. The summed E-state index contributed by atoms with van der Waals surface area (Å²) in [7, 11) is 0. The van der Waals surface area contributed by atoms with Gasteiger partial charge in [0.2, 0.25) is 5.91 Å². The van der Waals surface area contributed by atoms with Crippen LogP contribution in [0.5, 0.6) is 0 Å². The van der Waals surface area contributed by atoms with Crippen molar-refractivity contribution in [1.29, 1.82) is 0 Å². The van der Waals surface area contributed by atoms with Crippen molar-refractivity contribution in [2.75, 3.05) is 5.75 Å². The molecule has 0 unspecified atom stereocenters. The molecule has 0 radical (unpaired) electrons. The molecule has 0 spiro atoms. The van der Waals surface area contributed by atoms with Crippen molar-refractivity contribution in [3.63, 3.8) is 0 Å². The van der Waals surface area contributed by atoms with Gasteiger partial charge in [-0.2, -0.15) is 16.9 Å². The molecule has 148 valence electrons. The molecule has 0 aliphatic rings. The van der Waals surface area contributed by atoms with Crippen molar-refractivity contribution in [3.8, 4) is 11.5 Å². The molecule has 0 fully saturated rings. The summed E-state index contributed by atoms with van der Waals surface area (Å²) >= 11 is 3.41. The standard InChI is InChI=1S/C22H22N4OS2/c27-21(23-16-20-9-6-13-29-20)10-14-28-17-18-15-24-26(19-7-2-1-3-8-19)22(18)25-11-4-5-12-25/h1-9,11-13,15H,10,14,16-17H2,(H,23,27). The van der Waals surface area contributed by atoms with Gasteiger partial charge < -0.3 is 9.88 Å². The zero-order valence-corrected chi connectivity index (χ0v) is 17.5. The molecule has 1 amide bonds. The molecular formula is C22H22N4OS2. The van der Waals surface area contributed by atoms with E-state index >= 15 is 0 Å². The van der Waals surface area contributed by atoms with Gasteiger partial charge in [-0.25, -0.2) is 4.68 Å². The molecule has 7 heteroatoms. The Morgan fingerprint density at radius 2 is 1.90 bits per heavy atom. The van der Waals surface area contributed by atoms with E-state index in [0.29, 0.717) is 13.0 Å². The first-order valence-corrected chi connectivity index (χ1v) is 11.5. The maximum absolute atomic E-state index is 12.1. The predicted molar refractivity (Wildman–Crippen MR) is 120 cm³/mol. The van der Waals surface area contributed by atoms with Crippen LogP contribution < -0.4 is 5.32 Å². The Hall–Kier alpha value is -2.77. The van der Waals surface area contributed by atoms with Crippen LogP contribution in [0.2, 0.25) is 0 Å². The summed E-state index contributed by atoms with van der Waals surface area (Å²) in [6, 6.07) is 18.2. The summed E-state index contributed by atoms with van der Waals surface area (Å²) in [6.07, 6.45) is 6.50. The molecule has 0 saturated carbocycles. The Balaban J connectivity index is 1.36. The minimum absolute atomic E-state index is 0.0940. The molecule has 3 heterocycles. The van der Waals surface area contributed by atoms with Crippen molar-refractivity contribution < 1.29 is 4.79 Å². The minimum Gasteiger partial charge on any atom is -0.351 e. The van der Waals surface area contributed by atoms with Crippen LogP contribution in [-0.4, -0.2) is 26.0 Å². The van der Waals surface area contributed by atoms with Gasteiger partial charge in [0, 0.05) is 40.8 Å². The van der Waals surface area contributed by atoms with E-state index in [1.165, 1.54) is 4.88 Å². The van der Waals surface area contributed by atoms with Crippen molar-refractivity contribution >= 4 is 29.0 Å². The van der Waals surface area contributed by atoms with Crippen molar-refractivity contribution in [2.24, 2.45) is 0 Å². The molecule has 1 N–H and O–H groups in total. The van der Waals surface area contributed by atoms with Gasteiger partial charge in [-0.15, -0.1) is 11.3 Å². The molecule has 0 aliphatic carbocycles. The van der Waals surface area contributed by atoms with Gasteiger partial charge in [0.15, 0.2) is 0 Å². The molecule has 3 aromatic heterocycles. The first-order valence-electron chi connectivity index (χ1n) is 9.44. The number of thiophene rings is 1. The molecule has 29 heavy (non-hydrogen) atoms. The lowest BCUT2D eigenvalue weighted by atomic mass is 10.3. The number of nitrogens with zero attached hydrogens (tertiary/aromatic N) is 3. The van der Waals surface area contributed by atoms with Gasteiger partial charge >= 0.3 is 0 Å². The lowest BCUT2D eigenvalue weighted by Crippen LogP contribution is -2.22. The molecular weight excluding hydrogens is 400 g/mol. The van der Waals surface area contributed by atoms with Crippen molar-refractivity contribution in [3.05, 3.63) is 89.0 Å². The first kappa shape index (κ1) is 19.5. The van der Waals surface area contributed by atoms with E-state index in [0.717, 1.165) is 28.6 Å². The summed E-state index contributed by atoms with van der Waals surface area (Å²) in [5.41, 5.74) is 2.18. The van der Waals surface area contributed by atoms with Crippen LogP contribution in [-0.2, 0) is 17.1 Å². The first-order chi connectivity index (χ1) is 14.3. The summed E-state index contributed by atoms with van der Waals surface area (Å²) in [6.45, 7) is 0.614. The Morgan fingerprint density at radius 3 is 2.66 bits per heavy atom. The van der Waals surface area contributed by atoms with Crippen molar-refractivity contribution in [1.82, 2.24) is 19.7 Å². The van der Waals surface area contributed by atoms with E-state index < -0.39 is 0 Å². The number of carbonyl (C=O) groups excluding carboxylic acids is 1. The van der Waals surface area contributed by atoms with Crippen LogP contribution in [0.1, 0.15) is 16.9 Å². The van der Waals surface area contributed by atoms with E-state index in [2.05, 4.69) is 27.1 Å². The highest BCUT2D eigenvalue weighted by molar-refractivity contribution is 7.98. The Labute approximate surface area is 178 Å². The predicted octanol–water partition coefficient (Wildman–Crippen LogP) is 4.66. The highest BCUT2D eigenvalue weighted by atomic mass is 32.2. The van der Waals surface area contributed by atoms with Crippen LogP contribution in [0.3, 0.4) is 0 Å². The molecule has 0 aliphatic heterocycles. The SMILES string of the molecule is O=C(CCSCc1cnn(-c2ccccc2)c1-n1cccc1)NCc1cccs1. The Morgan fingerprint density at radius 1 is 1.07 bits per heavy atom. The van der Waals surface area contributed by atoms with Gasteiger partial charge in [0.1, 0.15) is 5.82 Å². The summed E-state index contributed by atoms with van der Waals surface area (Å²) < 4.78 is 4.05. The molecule has 0 bridgehead atoms. The molecule has 4 rings (SSSR count). The third kappa shape index (κ3) is 4.99. The maximum Gasteiger partial charge on any atom is 0.221 e. The normalized spacial score (nSPS) is 10.9. The van der Waals surface area contributed by atoms with E-state index in [1.807, 2.05) is 71.1 Å². The third-order valence-corrected chi connectivity index (χ3v) is 6.32. The van der Waals surface area contributed by atoms with Crippen LogP contribution in [0.4, 0.5) is 0 Å². The fourth-order valence-corrected chi connectivity index (χ4v) is 4.56. The minimum atomic E-state index is 0.0940. The average Bonchev–Trinajstić information content (AvgIpc) is 3.52. The number of carbonyl (C=O) groups is 1. The monoisotopic (exact) mass is 422 g/mol. The second-order valence-corrected chi connectivity index (χ2v) is 8.63. The van der Waals surface area contributed by atoms with Gasteiger partial charge in [-0.3, -0.25) is 4.79 Å². The zero-order valence-electron chi connectivity index (χ0n) is 15.9. The molecule has 0 atom stereocenters. The highest BCUT2D eigenvalue weighted by Crippen LogP contribution is 2.23. The summed E-state index contributed by atoms with van der Waals surface area (Å²) in [5.74, 6) is 2.71. The largest absolute Gasteiger partial charge is 0.351 e. The van der Waals surface area contributed by atoms with E-state index in [-0.39, 0.29) is 5.91 Å². The number of nitrogens with one attached hydrogen (secondary N) is 1. The Kier molecular flexibility index (Phi) is 6.49. The number of hydrogen-bond acceptors (Lipinski definition) is 4. The fourth-order valence-electron chi connectivity index (χ4n) is 3.02. The van der Waals surface area contributed by atoms with Crippen LogP contribution >= 0.6 is 23.1 Å². The number of rotatable bonds is 9. The van der Waals surface area contributed by atoms with E-state index in [4.69, 9.17) is 0 Å². The van der Waals surface area contributed by atoms with Crippen molar-refractivity contribution in [2.45, 2.75) is 18.7 Å². The van der Waals surface area contributed by atoms with Crippen LogP contribution in [0, 0.1) is 0 Å². The second kappa shape index (κ2) is 9.62. The van der Waals surface area contributed by atoms with Crippen LogP contribution in [0.15, 0.2) is 78.6 Å². The molecule has 4 aromatic rings. The van der Waals surface area contributed by atoms with E-state index in [9.17, 15) is 4.79 Å². The number of benzene rings is 1. The van der Waals surface area contributed by atoms with Crippen LogP contribution in [0.25, 0.3) is 11.5 Å². The van der Waals surface area contributed by atoms with Gasteiger partial charge in [-0.1, -0.05) is 24.3 Å². The molecule has 5 nitrogen and oxygen atoms in total. The lowest BCUT2D eigenvalue weighted by molar-refractivity contribution is -0.120. The average molecular weight is 423 g/mol. The highest BCUT2D eigenvalue weighted by Gasteiger charge is 2.14. The number of hydrogen-bond donors (Lipinski definition) is 1. The second-order valence-electron chi connectivity index (χ2n) is 6.49. The van der Waals surface area contributed by atoms with E-state index in [1.54, 1.807) is 23.1 Å². The van der Waals surface area contributed by atoms with Gasteiger partial charge in [0.05, 0.1) is 18.4 Å². The Bertz CT molecular complexity index is 1020. The summed E-state index contributed by atoms with van der Waals surface area (Å²) in [4.78, 5) is 13.2. The smallest absolute Gasteiger partial charge is 0.221 e. The quantitative estimate of drug-likeness (QED) is 0.399.